The minimum absolute atomic E-state index is 0.177. The summed E-state index contributed by atoms with van der Waals surface area (Å²) in [5.74, 6) is -0.177. The van der Waals surface area contributed by atoms with Crippen molar-refractivity contribution < 1.29 is 4.39 Å². The minimum atomic E-state index is -0.177. The molecule has 1 N–H and O–H groups in total. The van der Waals surface area contributed by atoms with Crippen LogP contribution in [0.15, 0.2) is 18.2 Å². The van der Waals surface area contributed by atoms with Crippen molar-refractivity contribution in [1.82, 2.24) is 15.1 Å². The molecule has 0 aliphatic carbocycles. The van der Waals surface area contributed by atoms with Gasteiger partial charge in [0.15, 0.2) is 0 Å². The molecule has 1 aliphatic rings. The van der Waals surface area contributed by atoms with Gasteiger partial charge < -0.3 is 15.1 Å². The van der Waals surface area contributed by atoms with Gasteiger partial charge in [0.05, 0.1) is 0 Å². The van der Waals surface area contributed by atoms with Gasteiger partial charge in [-0.15, -0.1) is 0 Å². The molecule has 3 nitrogen and oxygen atoms in total. The standard InChI is InChI=1S/C16H25ClFN3/c1-19-15(10-12-9-13(17)5-6-14(12)18)16-11-20(2)7-4-8-21(16)3/h5-6,9,15-16,19H,4,7-8,10-11H2,1-3H3. The number of benzene rings is 1. The molecular formula is C16H25ClFN3. The molecule has 118 valence electrons. The van der Waals surface area contributed by atoms with Gasteiger partial charge in [0.1, 0.15) is 5.82 Å². The topological polar surface area (TPSA) is 18.5 Å². The predicted octanol–water partition coefficient (Wildman–Crippen LogP) is 2.25. The molecule has 0 bridgehead atoms. The van der Waals surface area contributed by atoms with Crippen LogP contribution in [0.5, 0.6) is 0 Å². The molecule has 1 aliphatic heterocycles. The molecule has 0 spiro atoms. The van der Waals surface area contributed by atoms with E-state index < -0.39 is 0 Å². The second-order valence-electron chi connectivity index (χ2n) is 6.00. The normalized spacial score (nSPS) is 23.0. The second-order valence-corrected chi connectivity index (χ2v) is 6.44. The van der Waals surface area contributed by atoms with Crippen LogP contribution < -0.4 is 5.32 Å². The van der Waals surface area contributed by atoms with Crippen LogP contribution in [0.3, 0.4) is 0 Å². The Hall–Kier alpha value is -0.680. The zero-order chi connectivity index (χ0) is 15.4. The van der Waals surface area contributed by atoms with E-state index in [1.54, 1.807) is 12.1 Å². The Morgan fingerprint density at radius 3 is 2.86 bits per heavy atom. The van der Waals surface area contributed by atoms with E-state index in [0.717, 1.165) is 19.6 Å². The van der Waals surface area contributed by atoms with Crippen molar-refractivity contribution in [1.29, 1.82) is 0 Å². The highest BCUT2D eigenvalue weighted by Gasteiger charge is 2.28. The van der Waals surface area contributed by atoms with Crippen LogP contribution in [-0.4, -0.2) is 62.7 Å². The number of halogens is 2. The van der Waals surface area contributed by atoms with E-state index in [2.05, 4.69) is 29.2 Å². The van der Waals surface area contributed by atoms with Gasteiger partial charge in [-0.25, -0.2) is 4.39 Å². The monoisotopic (exact) mass is 313 g/mol. The van der Waals surface area contributed by atoms with Crippen molar-refractivity contribution in [2.75, 3.05) is 40.8 Å². The molecule has 1 aromatic carbocycles. The summed E-state index contributed by atoms with van der Waals surface area (Å²) in [6.07, 6.45) is 1.82. The zero-order valence-corrected chi connectivity index (χ0v) is 13.8. The smallest absolute Gasteiger partial charge is 0.126 e. The molecule has 1 aromatic rings. The van der Waals surface area contributed by atoms with Gasteiger partial charge in [-0.05, 0) is 70.8 Å². The molecule has 2 unspecified atom stereocenters. The van der Waals surface area contributed by atoms with Gasteiger partial charge in [-0.3, -0.25) is 0 Å². The highest BCUT2D eigenvalue weighted by molar-refractivity contribution is 6.30. The lowest BCUT2D eigenvalue weighted by atomic mass is 9.98. The average molecular weight is 314 g/mol. The Morgan fingerprint density at radius 2 is 2.14 bits per heavy atom. The van der Waals surface area contributed by atoms with E-state index in [4.69, 9.17) is 11.6 Å². The van der Waals surface area contributed by atoms with Crippen LogP contribution in [0.2, 0.25) is 5.02 Å². The van der Waals surface area contributed by atoms with Crippen LogP contribution in [0.1, 0.15) is 12.0 Å². The first-order valence-electron chi connectivity index (χ1n) is 7.51. The first-order chi connectivity index (χ1) is 10.0. The van der Waals surface area contributed by atoms with Crippen molar-refractivity contribution in [3.05, 3.63) is 34.6 Å². The summed E-state index contributed by atoms with van der Waals surface area (Å²) in [6.45, 7) is 3.18. The number of rotatable bonds is 4. The summed E-state index contributed by atoms with van der Waals surface area (Å²) in [5, 5.41) is 3.96. The van der Waals surface area contributed by atoms with Crippen LogP contribution >= 0.6 is 11.6 Å². The lowest BCUT2D eigenvalue weighted by Gasteiger charge is -2.34. The van der Waals surface area contributed by atoms with E-state index in [1.165, 1.54) is 12.5 Å². The third-order valence-electron chi connectivity index (χ3n) is 4.40. The lowest BCUT2D eigenvalue weighted by molar-refractivity contribution is 0.181. The fourth-order valence-electron chi connectivity index (χ4n) is 3.11. The lowest BCUT2D eigenvalue weighted by Crippen LogP contribution is -2.52. The zero-order valence-electron chi connectivity index (χ0n) is 13.1. The van der Waals surface area contributed by atoms with Crippen LogP contribution in [0, 0.1) is 5.82 Å². The quantitative estimate of drug-likeness (QED) is 0.920. The maximum absolute atomic E-state index is 14.0. The fraction of sp³-hybridized carbons (Fsp3) is 0.625. The first kappa shape index (κ1) is 16.7. The molecule has 5 heteroatoms. The highest BCUT2D eigenvalue weighted by Crippen LogP contribution is 2.19. The number of likely N-dealkylation sites (N-methyl/N-ethyl adjacent to an activating group) is 3. The Morgan fingerprint density at radius 1 is 1.38 bits per heavy atom. The van der Waals surface area contributed by atoms with Crippen molar-refractivity contribution >= 4 is 11.6 Å². The summed E-state index contributed by atoms with van der Waals surface area (Å²) in [5.41, 5.74) is 0.683. The number of hydrogen-bond acceptors (Lipinski definition) is 3. The summed E-state index contributed by atoms with van der Waals surface area (Å²) >= 11 is 6.00. The molecule has 0 radical (unpaired) electrons. The van der Waals surface area contributed by atoms with Gasteiger partial charge in [0.25, 0.3) is 0 Å². The first-order valence-corrected chi connectivity index (χ1v) is 7.89. The van der Waals surface area contributed by atoms with Crippen LogP contribution in [-0.2, 0) is 6.42 Å². The molecule has 1 saturated heterocycles. The largest absolute Gasteiger partial charge is 0.315 e. The predicted molar refractivity (Wildman–Crippen MR) is 86.5 cm³/mol. The van der Waals surface area contributed by atoms with Gasteiger partial charge in [-0.1, -0.05) is 11.6 Å². The highest BCUT2D eigenvalue weighted by atomic mass is 35.5. The molecule has 1 heterocycles. The average Bonchev–Trinajstić information content (AvgIpc) is 2.61. The molecule has 2 atom stereocenters. The van der Waals surface area contributed by atoms with E-state index in [9.17, 15) is 4.39 Å². The number of hydrogen-bond donors (Lipinski definition) is 1. The second kappa shape index (κ2) is 7.54. The number of nitrogens with zero attached hydrogens (tertiary/aromatic N) is 2. The van der Waals surface area contributed by atoms with Gasteiger partial charge in [0.2, 0.25) is 0 Å². The maximum Gasteiger partial charge on any atom is 0.126 e. The van der Waals surface area contributed by atoms with Crippen molar-refractivity contribution in [3.8, 4) is 0 Å². The third-order valence-corrected chi connectivity index (χ3v) is 4.63. The maximum atomic E-state index is 14.0. The fourth-order valence-corrected chi connectivity index (χ4v) is 3.30. The Kier molecular flexibility index (Phi) is 5.99. The van der Waals surface area contributed by atoms with Gasteiger partial charge >= 0.3 is 0 Å². The van der Waals surface area contributed by atoms with E-state index in [-0.39, 0.29) is 11.9 Å². The summed E-state index contributed by atoms with van der Waals surface area (Å²) in [4.78, 5) is 4.74. The van der Waals surface area contributed by atoms with Crippen molar-refractivity contribution in [2.45, 2.75) is 24.9 Å². The van der Waals surface area contributed by atoms with Crippen molar-refractivity contribution in [2.24, 2.45) is 0 Å². The SMILES string of the molecule is CNC(Cc1cc(Cl)ccc1F)C1CN(C)CCCN1C. The van der Waals surface area contributed by atoms with Gasteiger partial charge in [-0.2, -0.15) is 0 Å². The van der Waals surface area contributed by atoms with Crippen LogP contribution in [0.25, 0.3) is 0 Å². The van der Waals surface area contributed by atoms with Crippen LogP contribution in [0.4, 0.5) is 4.39 Å². The molecule has 0 saturated carbocycles. The molecule has 0 aromatic heterocycles. The Bertz CT molecular complexity index is 469. The minimum Gasteiger partial charge on any atom is -0.315 e. The summed E-state index contributed by atoms with van der Waals surface area (Å²) in [6, 6.07) is 5.35. The van der Waals surface area contributed by atoms with Crippen molar-refractivity contribution in [3.63, 3.8) is 0 Å². The van der Waals surface area contributed by atoms with E-state index in [0.29, 0.717) is 23.0 Å². The molecule has 2 rings (SSSR count). The Labute approximate surface area is 132 Å². The number of nitrogens with one attached hydrogen (secondary N) is 1. The van der Waals surface area contributed by atoms with E-state index >= 15 is 0 Å². The van der Waals surface area contributed by atoms with E-state index in [1.807, 2.05) is 7.05 Å². The van der Waals surface area contributed by atoms with Gasteiger partial charge in [0, 0.05) is 23.7 Å². The third kappa shape index (κ3) is 4.39. The summed E-state index contributed by atoms with van der Waals surface area (Å²) < 4.78 is 14.0. The molecule has 1 fully saturated rings. The Balaban J connectivity index is 2.16. The molecule has 21 heavy (non-hydrogen) atoms. The summed E-state index contributed by atoms with van der Waals surface area (Å²) in [7, 11) is 6.26. The molecular weight excluding hydrogens is 289 g/mol. The molecule has 0 amide bonds.